The van der Waals surface area contributed by atoms with Crippen molar-refractivity contribution in [1.29, 1.82) is 0 Å². The largest absolute Gasteiger partial charge is 0.314 e. The Kier molecular flexibility index (Phi) is 5.61. The first-order chi connectivity index (χ1) is 11.1. The first-order valence-electron chi connectivity index (χ1n) is 8.11. The van der Waals surface area contributed by atoms with E-state index in [4.69, 9.17) is 0 Å². The van der Waals surface area contributed by atoms with E-state index in [9.17, 15) is 4.57 Å². The summed E-state index contributed by atoms with van der Waals surface area (Å²) in [4.78, 5) is 0. The smallest absolute Gasteiger partial charge is 0.143 e. The normalized spacial score (nSPS) is 17.8. The molecule has 1 aliphatic rings. The molecule has 2 aromatic rings. The predicted molar refractivity (Wildman–Crippen MR) is 107 cm³/mol. The van der Waals surface area contributed by atoms with Crippen LogP contribution in [0.15, 0.2) is 60.7 Å². The molecular formula is C19H23OPS2. The van der Waals surface area contributed by atoms with Gasteiger partial charge in [0.15, 0.2) is 0 Å². The third-order valence-electron chi connectivity index (χ3n) is 4.33. The van der Waals surface area contributed by atoms with Gasteiger partial charge in [-0.1, -0.05) is 60.7 Å². The van der Waals surface area contributed by atoms with Gasteiger partial charge >= 0.3 is 0 Å². The van der Waals surface area contributed by atoms with Crippen LogP contribution in [-0.2, 0) is 4.57 Å². The lowest BCUT2D eigenvalue weighted by Crippen LogP contribution is -2.26. The summed E-state index contributed by atoms with van der Waals surface area (Å²) in [7, 11) is -2.56. The highest BCUT2D eigenvalue weighted by Crippen LogP contribution is 2.50. The van der Waals surface area contributed by atoms with Crippen LogP contribution in [0.25, 0.3) is 0 Å². The van der Waals surface area contributed by atoms with Gasteiger partial charge in [0.1, 0.15) is 7.14 Å². The summed E-state index contributed by atoms with van der Waals surface area (Å²) in [5, 5.41) is 1.97. The van der Waals surface area contributed by atoms with Crippen LogP contribution in [0.2, 0.25) is 0 Å². The maximum atomic E-state index is 14.0. The van der Waals surface area contributed by atoms with Crippen LogP contribution < -0.4 is 10.6 Å². The highest BCUT2D eigenvalue weighted by molar-refractivity contribution is 8.18. The van der Waals surface area contributed by atoms with Crippen molar-refractivity contribution in [3.05, 3.63) is 60.7 Å². The minimum absolute atomic E-state index is 0.206. The summed E-state index contributed by atoms with van der Waals surface area (Å²) in [6.07, 6.45) is 3.03. The molecule has 0 spiro atoms. The fourth-order valence-corrected chi connectivity index (χ4v) is 9.06. The summed E-state index contributed by atoms with van der Waals surface area (Å²) in [6, 6.07) is 20.1. The molecule has 0 unspecified atom stereocenters. The van der Waals surface area contributed by atoms with E-state index >= 15 is 0 Å². The molecule has 1 heterocycles. The fraction of sp³-hybridized carbons (Fsp3) is 0.368. The van der Waals surface area contributed by atoms with E-state index in [1.807, 2.05) is 84.2 Å². The molecule has 0 aliphatic carbocycles. The van der Waals surface area contributed by atoms with Crippen LogP contribution in [-0.4, -0.2) is 21.7 Å². The van der Waals surface area contributed by atoms with E-state index in [0.29, 0.717) is 0 Å². The van der Waals surface area contributed by atoms with Gasteiger partial charge in [0.05, 0.1) is 4.08 Å². The molecule has 0 N–H and O–H groups in total. The molecule has 23 heavy (non-hydrogen) atoms. The Balaban J connectivity index is 1.89. The van der Waals surface area contributed by atoms with E-state index < -0.39 is 7.14 Å². The van der Waals surface area contributed by atoms with Gasteiger partial charge in [-0.25, -0.2) is 0 Å². The molecule has 1 fully saturated rings. The number of hydrogen-bond acceptors (Lipinski definition) is 3. The molecule has 0 amide bonds. The van der Waals surface area contributed by atoms with Crippen LogP contribution in [0.3, 0.4) is 0 Å². The maximum absolute atomic E-state index is 14.0. The predicted octanol–water partition coefficient (Wildman–Crippen LogP) is 4.98. The summed E-state index contributed by atoms with van der Waals surface area (Å²) < 4.78 is 14.2. The van der Waals surface area contributed by atoms with Gasteiger partial charge in [-0.05, 0) is 31.3 Å². The topological polar surface area (TPSA) is 17.1 Å². The van der Waals surface area contributed by atoms with E-state index in [1.54, 1.807) is 0 Å². The van der Waals surface area contributed by atoms with Crippen molar-refractivity contribution in [2.75, 3.05) is 17.7 Å². The molecule has 1 saturated heterocycles. The van der Waals surface area contributed by atoms with E-state index in [2.05, 4.69) is 6.92 Å². The van der Waals surface area contributed by atoms with Crippen molar-refractivity contribution in [1.82, 2.24) is 0 Å². The molecule has 2 aromatic carbocycles. The second kappa shape index (κ2) is 7.51. The zero-order valence-corrected chi connectivity index (χ0v) is 16.0. The van der Waals surface area contributed by atoms with Crippen molar-refractivity contribution in [3.63, 3.8) is 0 Å². The van der Waals surface area contributed by atoms with Crippen LogP contribution >= 0.6 is 30.7 Å². The first kappa shape index (κ1) is 17.2. The highest BCUT2D eigenvalue weighted by atomic mass is 32.2. The minimum atomic E-state index is -2.56. The molecule has 0 saturated carbocycles. The number of hydrogen-bond donors (Lipinski definition) is 0. The molecule has 0 aromatic heterocycles. The second-order valence-electron chi connectivity index (χ2n) is 6.07. The number of thioether (sulfide) groups is 2. The SMILES string of the molecule is CC1(CCP(=O)(c2ccccc2)c2ccccc2)SCCCS1. The molecule has 0 radical (unpaired) electrons. The lowest BCUT2D eigenvalue weighted by atomic mass is 10.3. The molecule has 0 bridgehead atoms. The summed E-state index contributed by atoms with van der Waals surface area (Å²) in [5.74, 6) is 2.45. The first-order valence-corrected chi connectivity index (χ1v) is 12.0. The minimum Gasteiger partial charge on any atom is -0.314 e. The Morgan fingerprint density at radius 3 is 1.87 bits per heavy atom. The number of benzene rings is 2. The summed E-state index contributed by atoms with van der Waals surface area (Å²) >= 11 is 4.08. The van der Waals surface area contributed by atoms with Gasteiger partial charge in [0, 0.05) is 16.8 Å². The van der Waals surface area contributed by atoms with Crippen molar-refractivity contribution in [2.45, 2.75) is 23.8 Å². The standard InChI is InChI=1S/C19H23OPS2/c1-19(22-15-8-16-23-19)13-14-21(20,17-9-4-2-5-10-17)18-11-6-3-7-12-18/h2-7,9-12H,8,13-16H2,1H3. The Labute approximate surface area is 148 Å². The second-order valence-corrected chi connectivity index (χ2v) is 12.5. The van der Waals surface area contributed by atoms with E-state index in [0.717, 1.165) is 23.2 Å². The Hall–Kier alpha value is -0.630. The zero-order valence-electron chi connectivity index (χ0n) is 13.5. The van der Waals surface area contributed by atoms with Crippen molar-refractivity contribution >= 4 is 41.3 Å². The van der Waals surface area contributed by atoms with Gasteiger partial charge in [0.25, 0.3) is 0 Å². The Bertz CT molecular complexity index is 623. The maximum Gasteiger partial charge on any atom is 0.143 e. The molecule has 0 atom stereocenters. The monoisotopic (exact) mass is 362 g/mol. The van der Waals surface area contributed by atoms with Gasteiger partial charge < -0.3 is 4.57 Å². The molecule has 1 aliphatic heterocycles. The van der Waals surface area contributed by atoms with Crippen LogP contribution in [0.5, 0.6) is 0 Å². The average molecular weight is 363 g/mol. The third kappa shape index (κ3) is 4.07. The zero-order chi connectivity index (χ0) is 16.2. The molecule has 4 heteroatoms. The van der Waals surface area contributed by atoms with Crippen LogP contribution in [0.1, 0.15) is 19.8 Å². The van der Waals surface area contributed by atoms with Gasteiger partial charge in [-0.3, -0.25) is 0 Å². The van der Waals surface area contributed by atoms with Gasteiger partial charge in [0.2, 0.25) is 0 Å². The van der Waals surface area contributed by atoms with Crippen molar-refractivity contribution in [3.8, 4) is 0 Å². The Morgan fingerprint density at radius 2 is 1.39 bits per heavy atom. The van der Waals surface area contributed by atoms with Gasteiger partial charge in [-0.15, -0.1) is 23.5 Å². The molecule has 122 valence electrons. The Morgan fingerprint density at radius 1 is 0.913 bits per heavy atom. The number of rotatable bonds is 5. The lowest BCUT2D eigenvalue weighted by Gasteiger charge is -2.33. The van der Waals surface area contributed by atoms with Crippen LogP contribution in [0.4, 0.5) is 0 Å². The summed E-state index contributed by atoms with van der Waals surface area (Å²) in [6.45, 7) is 2.32. The van der Waals surface area contributed by atoms with Crippen molar-refractivity contribution < 1.29 is 4.57 Å². The van der Waals surface area contributed by atoms with E-state index in [1.165, 1.54) is 17.9 Å². The average Bonchev–Trinajstić information content (AvgIpc) is 2.62. The quantitative estimate of drug-likeness (QED) is 0.699. The van der Waals surface area contributed by atoms with Crippen molar-refractivity contribution in [2.24, 2.45) is 0 Å². The lowest BCUT2D eigenvalue weighted by molar-refractivity contribution is 0.584. The molecule has 1 nitrogen and oxygen atoms in total. The molecular weight excluding hydrogens is 339 g/mol. The van der Waals surface area contributed by atoms with Crippen LogP contribution in [0, 0.1) is 0 Å². The van der Waals surface area contributed by atoms with E-state index in [-0.39, 0.29) is 4.08 Å². The molecule has 3 rings (SSSR count). The third-order valence-corrected chi connectivity index (χ3v) is 10.8. The van der Waals surface area contributed by atoms with Gasteiger partial charge in [-0.2, -0.15) is 0 Å². The fourth-order valence-electron chi connectivity index (χ4n) is 2.93. The summed E-state index contributed by atoms with van der Waals surface area (Å²) in [5.41, 5.74) is 0. The highest BCUT2D eigenvalue weighted by Gasteiger charge is 2.34.